The van der Waals surface area contributed by atoms with Crippen LogP contribution in [0.3, 0.4) is 0 Å². The molecule has 0 radical (unpaired) electrons. The fourth-order valence-corrected chi connectivity index (χ4v) is 2.87. The highest BCUT2D eigenvalue weighted by Gasteiger charge is 2.24. The Bertz CT molecular complexity index is 489. The van der Waals surface area contributed by atoms with Gasteiger partial charge in [0.25, 0.3) is 0 Å². The van der Waals surface area contributed by atoms with Crippen LogP contribution in [-0.2, 0) is 5.04 Å². The van der Waals surface area contributed by atoms with Gasteiger partial charge in [-0.2, -0.15) is 0 Å². The third-order valence-corrected chi connectivity index (χ3v) is 5.27. The van der Waals surface area contributed by atoms with Crippen LogP contribution in [0.25, 0.3) is 0 Å². The molecule has 0 nitrogen and oxygen atoms in total. The van der Waals surface area contributed by atoms with Gasteiger partial charge in [-0.1, -0.05) is 65.7 Å². The van der Waals surface area contributed by atoms with E-state index in [1.54, 1.807) is 0 Å². The normalized spacial score (nSPS) is 11.4. The Hall–Kier alpha value is -1.60. The van der Waals surface area contributed by atoms with Gasteiger partial charge in [0, 0.05) is 15.3 Å². The third kappa shape index (κ3) is 2.32. The van der Waals surface area contributed by atoms with Gasteiger partial charge in [-0.25, -0.2) is 0 Å². The molecule has 0 aliphatic rings. The second kappa shape index (κ2) is 4.95. The minimum Gasteiger partial charge on any atom is -0.102 e. The molecule has 0 saturated heterocycles. The van der Waals surface area contributed by atoms with Crippen molar-refractivity contribution in [1.82, 2.24) is 0 Å². The summed E-state index contributed by atoms with van der Waals surface area (Å²) in [7, 11) is 1.02. The van der Waals surface area contributed by atoms with Crippen LogP contribution in [-0.4, -0.2) is 10.2 Å². The Balaban J connectivity index is 2.50. The Kier molecular flexibility index (Phi) is 3.53. The fraction of sp³-hybridized carbons (Fsp3) is 0.176. The van der Waals surface area contributed by atoms with Crippen molar-refractivity contribution in [3.8, 4) is 0 Å². The Morgan fingerprint density at radius 1 is 0.833 bits per heavy atom. The van der Waals surface area contributed by atoms with Crippen LogP contribution in [0.4, 0.5) is 0 Å². The van der Waals surface area contributed by atoms with Crippen LogP contribution in [0.2, 0.25) is 0 Å². The lowest BCUT2D eigenvalue weighted by Gasteiger charge is -2.27. The van der Waals surface area contributed by atoms with Crippen LogP contribution in [0.15, 0.2) is 61.2 Å². The second-order valence-corrected chi connectivity index (χ2v) is 6.72. The Morgan fingerprint density at radius 2 is 1.17 bits per heavy atom. The van der Waals surface area contributed by atoms with Crippen molar-refractivity contribution >= 4 is 10.2 Å². The molecule has 0 fully saturated rings. The van der Waals surface area contributed by atoms with E-state index in [0.29, 0.717) is 0 Å². The maximum atomic E-state index is 4.07. The van der Waals surface area contributed by atoms with E-state index in [-0.39, 0.29) is 5.04 Å². The molecule has 0 atom stereocenters. The van der Waals surface area contributed by atoms with Gasteiger partial charge in [-0.3, -0.25) is 0 Å². The van der Waals surface area contributed by atoms with Crippen LogP contribution < -0.4 is 0 Å². The summed E-state index contributed by atoms with van der Waals surface area (Å²) >= 11 is 0. The van der Waals surface area contributed by atoms with E-state index < -0.39 is 0 Å². The molecule has 1 heteroatoms. The lowest BCUT2D eigenvalue weighted by molar-refractivity contribution is 0.921. The molecule has 2 aromatic rings. The Labute approximate surface area is 113 Å². The topological polar surface area (TPSA) is 0 Å². The molecule has 0 bridgehead atoms. The zero-order valence-corrected chi connectivity index (χ0v) is 13.4. The quantitative estimate of drug-likeness (QED) is 0.582. The predicted octanol–water partition coefficient (Wildman–Crippen LogP) is 3.10. The van der Waals surface area contributed by atoms with Gasteiger partial charge in [0.05, 0.1) is 0 Å². The minimum atomic E-state index is 0.0153. The largest absolute Gasteiger partial charge is 0.102 e. The molecular formula is C17H20Si. The molecule has 0 spiro atoms. The lowest BCUT2D eigenvalue weighted by atomic mass is 9.89. The molecule has 2 rings (SSSR count). The van der Waals surface area contributed by atoms with Gasteiger partial charge in [0.2, 0.25) is 0 Å². The van der Waals surface area contributed by atoms with E-state index in [2.05, 4.69) is 75.0 Å². The summed E-state index contributed by atoms with van der Waals surface area (Å²) in [6.07, 6.45) is 2.09. The Morgan fingerprint density at radius 3 is 1.44 bits per heavy atom. The SMILES string of the molecule is C=CC([SiH3])(c1ccc(C)cc1)c1ccc(C)cc1. The number of hydrogen-bond acceptors (Lipinski definition) is 0. The highest BCUT2D eigenvalue weighted by molar-refractivity contribution is 6.19. The molecule has 92 valence electrons. The van der Waals surface area contributed by atoms with Crippen LogP contribution in [0.1, 0.15) is 22.3 Å². The molecular weight excluding hydrogens is 232 g/mol. The van der Waals surface area contributed by atoms with E-state index in [1.807, 2.05) is 0 Å². The predicted molar refractivity (Wildman–Crippen MR) is 83.3 cm³/mol. The van der Waals surface area contributed by atoms with Crippen molar-refractivity contribution < 1.29 is 0 Å². The molecule has 0 aliphatic carbocycles. The number of allylic oxidation sites excluding steroid dienone is 1. The van der Waals surface area contributed by atoms with Gasteiger partial charge in [0.1, 0.15) is 0 Å². The van der Waals surface area contributed by atoms with Crippen molar-refractivity contribution in [3.63, 3.8) is 0 Å². The number of rotatable bonds is 3. The number of hydrogen-bond donors (Lipinski definition) is 0. The summed E-state index contributed by atoms with van der Waals surface area (Å²) in [5, 5.41) is 0.0153. The number of benzene rings is 2. The average Bonchev–Trinajstić information content (AvgIpc) is 2.39. The smallest absolute Gasteiger partial charge is 0.0266 e. The zero-order chi connectivity index (χ0) is 13.2. The first kappa shape index (κ1) is 12.8. The maximum Gasteiger partial charge on any atom is 0.0266 e. The van der Waals surface area contributed by atoms with E-state index >= 15 is 0 Å². The van der Waals surface area contributed by atoms with Gasteiger partial charge in [-0.05, 0) is 25.0 Å². The molecule has 2 aromatic carbocycles. The van der Waals surface area contributed by atoms with Crippen molar-refractivity contribution in [2.75, 3.05) is 0 Å². The molecule has 0 saturated carbocycles. The van der Waals surface area contributed by atoms with E-state index in [4.69, 9.17) is 0 Å². The molecule has 0 amide bonds. The zero-order valence-electron chi connectivity index (χ0n) is 11.4. The standard InChI is InChI=1S/C17H20Si/c1-4-17(18,15-9-5-13(2)6-10-15)16-11-7-14(3)8-12-16/h4-12H,1H2,2-3,18H3. The summed E-state index contributed by atoms with van der Waals surface area (Å²) in [4.78, 5) is 0. The van der Waals surface area contributed by atoms with Gasteiger partial charge in [0.15, 0.2) is 0 Å². The summed E-state index contributed by atoms with van der Waals surface area (Å²) < 4.78 is 0. The van der Waals surface area contributed by atoms with Crippen LogP contribution in [0.5, 0.6) is 0 Å². The lowest BCUT2D eigenvalue weighted by Crippen LogP contribution is -2.25. The van der Waals surface area contributed by atoms with Crippen molar-refractivity contribution in [3.05, 3.63) is 83.4 Å². The first-order valence-corrected chi connectivity index (χ1v) is 7.34. The van der Waals surface area contributed by atoms with Crippen molar-refractivity contribution in [1.29, 1.82) is 0 Å². The highest BCUT2D eigenvalue weighted by atomic mass is 28.1. The molecule has 18 heavy (non-hydrogen) atoms. The molecule has 0 N–H and O–H groups in total. The summed E-state index contributed by atoms with van der Waals surface area (Å²) in [5.41, 5.74) is 5.30. The summed E-state index contributed by atoms with van der Waals surface area (Å²) in [6, 6.07) is 17.6. The molecule has 0 aromatic heterocycles. The monoisotopic (exact) mass is 252 g/mol. The third-order valence-electron chi connectivity index (χ3n) is 3.71. The van der Waals surface area contributed by atoms with E-state index in [0.717, 1.165) is 10.2 Å². The van der Waals surface area contributed by atoms with E-state index in [1.165, 1.54) is 22.3 Å². The van der Waals surface area contributed by atoms with Gasteiger partial charge >= 0.3 is 0 Å². The van der Waals surface area contributed by atoms with Crippen LogP contribution >= 0.6 is 0 Å². The van der Waals surface area contributed by atoms with Crippen molar-refractivity contribution in [2.45, 2.75) is 18.9 Å². The maximum absolute atomic E-state index is 4.07. The van der Waals surface area contributed by atoms with Gasteiger partial charge < -0.3 is 0 Å². The molecule has 0 heterocycles. The highest BCUT2D eigenvalue weighted by Crippen LogP contribution is 2.30. The van der Waals surface area contributed by atoms with E-state index in [9.17, 15) is 0 Å². The summed E-state index contributed by atoms with van der Waals surface area (Å²) in [6.45, 7) is 8.31. The van der Waals surface area contributed by atoms with Crippen molar-refractivity contribution in [2.24, 2.45) is 0 Å². The number of aryl methyl sites for hydroxylation is 2. The molecule has 0 aliphatic heterocycles. The summed E-state index contributed by atoms with van der Waals surface area (Å²) in [5.74, 6) is 0. The first-order chi connectivity index (χ1) is 8.56. The van der Waals surface area contributed by atoms with Crippen LogP contribution in [0, 0.1) is 13.8 Å². The minimum absolute atomic E-state index is 0.0153. The first-order valence-electron chi connectivity index (χ1n) is 6.34. The average molecular weight is 252 g/mol. The fourth-order valence-electron chi connectivity index (χ4n) is 2.20. The van der Waals surface area contributed by atoms with Gasteiger partial charge in [-0.15, -0.1) is 6.58 Å². The second-order valence-electron chi connectivity index (χ2n) is 5.14. The molecule has 0 unspecified atom stereocenters.